The topological polar surface area (TPSA) is 160 Å². The zero-order chi connectivity index (χ0) is 38.4. The van der Waals surface area contributed by atoms with E-state index in [1.165, 1.54) is 23.5 Å². The molecule has 0 aromatic heterocycles. The lowest BCUT2D eigenvalue weighted by Gasteiger charge is -2.36. The summed E-state index contributed by atoms with van der Waals surface area (Å²) >= 11 is 8.15. The molecule has 4 saturated heterocycles. The summed E-state index contributed by atoms with van der Waals surface area (Å²) in [5.74, 6) is -2.46. The summed E-state index contributed by atoms with van der Waals surface area (Å²) < 4.78 is 41.1. The maximum absolute atomic E-state index is 13.0. The molecule has 13 nitrogen and oxygen atoms in total. The second-order valence-electron chi connectivity index (χ2n) is 14.4. The number of likely N-dealkylation sites (tertiary alicyclic amines) is 1. The summed E-state index contributed by atoms with van der Waals surface area (Å²) in [7, 11) is 0. The number of thiocarbonyl (C=S) groups is 1. The average Bonchev–Trinajstić information content (AvgIpc) is 3.71. The number of hydrogen-bond acceptors (Lipinski definition) is 15. The Labute approximate surface area is 324 Å². The summed E-state index contributed by atoms with van der Waals surface area (Å²) in [4.78, 5) is 51.9. The maximum atomic E-state index is 13.0. The predicted molar refractivity (Wildman–Crippen MR) is 200 cm³/mol. The molecule has 4 aliphatic heterocycles. The van der Waals surface area contributed by atoms with E-state index in [4.69, 9.17) is 45.4 Å². The number of hydrogen-bond donors (Lipinski definition) is 0. The standard InChI is InChI=1S/C37H48N2O11S3/c1-35(2)47-29-25(46-33-31(30(29)48-35)49-36(3,4)50-33)21-45-28(42)14-16-39-27(41)20-26(32(39)43)52-19-18-44-17-9-12-24(40)13-15-37(5,22-38)53-34(51)23-10-7-6-8-11-23/h6-8,10-11,25-26,29-31,33H,9,12-21H2,1-5H3. The van der Waals surface area contributed by atoms with Gasteiger partial charge in [-0.1, -0.05) is 54.3 Å². The second kappa shape index (κ2) is 18.0. The highest BCUT2D eigenvalue weighted by Gasteiger charge is 2.61. The number of fused-ring (bicyclic) bond motifs is 3. The Morgan fingerprint density at radius 3 is 2.43 bits per heavy atom. The molecule has 4 fully saturated rings. The third-order valence-corrected chi connectivity index (χ3v) is 12.0. The number of ether oxygens (including phenoxy) is 7. The molecule has 0 aliphatic carbocycles. The smallest absolute Gasteiger partial charge is 0.307 e. The fraction of sp³-hybridized carbons (Fsp3) is 0.676. The summed E-state index contributed by atoms with van der Waals surface area (Å²) in [6.45, 7) is 9.49. The molecule has 1 aromatic carbocycles. The number of esters is 1. The van der Waals surface area contributed by atoms with Crippen LogP contribution in [0.15, 0.2) is 30.3 Å². The van der Waals surface area contributed by atoms with E-state index in [0.717, 1.165) is 10.5 Å². The highest BCUT2D eigenvalue weighted by atomic mass is 32.2. The van der Waals surface area contributed by atoms with E-state index < -0.39 is 58.2 Å². The summed E-state index contributed by atoms with van der Waals surface area (Å²) in [5.41, 5.74) is 0.883. The normalized spacial score (nSPS) is 28.2. The molecule has 4 heterocycles. The van der Waals surface area contributed by atoms with E-state index in [9.17, 15) is 24.4 Å². The third kappa shape index (κ3) is 11.3. The van der Waals surface area contributed by atoms with Crippen molar-refractivity contribution in [1.29, 1.82) is 5.26 Å². The van der Waals surface area contributed by atoms with Crippen molar-refractivity contribution in [3.63, 3.8) is 0 Å². The van der Waals surface area contributed by atoms with Crippen molar-refractivity contribution < 1.29 is 52.3 Å². The van der Waals surface area contributed by atoms with Crippen molar-refractivity contribution >= 4 is 63.5 Å². The zero-order valence-electron chi connectivity index (χ0n) is 30.7. The first-order valence-electron chi connectivity index (χ1n) is 17.9. The molecule has 0 N–H and O–H groups in total. The number of benzene rings is 1. The van der Waals surface area contributed by atoms with Crippen LogP contribution in [0.4, 0.5) is 0 Å². The van der Waals surface area contributed by atoms with Gasteiger partial charge in [0.1, 0.15) is 41.6 Å². The van der Waals surface area contributed by atoms with Crippen LogP contribution in [0.2, 0.25) is 0 Å². The number of carbonyl (C=O) groups excluding carboxylic acids is 4. The van der Waals surface area contributed by atoms with E-state index in [2.05, 4.69) is 6.07 Å². The lowest BCUT2D eigenvalue weighted by atomic mass is 9.99. The first-order chi connectivity index (χ1) is 25.1. The molecule has 7 unspecified atom stereocenters. The van der Waals surface area contributed by atoms with Gasteiger partial charge in [-0.2, -0.15) is 5.26 Å². The van der Waals surface area contributed by atoms with Gasteiger partial charge in [-0.3, -0.25) is 24.1 Å². The number of amides is 2. The van der Waals surface area contributed by atoms with Crippen molar-refractivity contribution in [1.82, 2.24) is 4.90 Å². The number of thioether (sulfide) groups is 2. The fourth-order valence-corrected chi connectivity index (χ4v) is 9.12. The third-order valence-electron chi connectivity index (χ3n) is 9.14. The molecule has 290 valence electrons. The maximum Gasteiger partial charge on any atom is 0.307 e. The summed E-state index contributed by atoms with van der Waals surface area (Å²) in [6.07, 6.45) is -1.44. The van der Waals surface area contributed by atoms with Crippen LogP contribution < -0.4 is 0 Å². The first-order valence-corrected chi connectivity index (χ1v) is 20.1. The van der Waals surface area contributed by atoms with E-state index in [1.54, 1.807) is 34.6 Å². The van der Waals surface area contributed by atoms with Crippen LogP contribution >= 0.6 is 35.7 Å². The van der Waals surface area contributed by atoms with Crippen LogP contribution in [0.1, 0.15) is 78.7 Å². The highest BCUT2D eigenvalue weighted by Crippen LogP contribution is 2.44. The molecular formula is C37H48N2O11S3. The zero-order valence-corrected chi connectivity index (χ0v) is 33.2. The molecule has 0 bridgehead atoms. The Morgan fingerprint density at radius 1 is 1.00 bits per heavy atom. The van der Waals surface area contributed by atoms with Gasteiger partial charge in [-0.15, -0.1) is 11.8 Å². The van der Waals surface area contributed by atoms with Gasteiger partial charge in [0, 0.05) is 38.2 Å². The van der Waals surface area contributed by atoms with E-state index >= 15 is 0 Å². The highest BCUT2D eigenvalue weighted by molar-refractivity contribution is 8.24. The van der Waals surface area contributed by atoms with Gasteiger partial charge in [-0.25, -0.2) is 0 Å². The van der Waals surface area contributed by atoms with Gasteiger partial charge < -0.3 is 33.2 Å². The minimum atomic E-state index is -0.884. The molecule has 53 heavy (non-hydrogen) atoms. The molecule has 16 heteroatoms. The van der Waals surface area contributed by atoms with Crippen LogP contribution in [-0.4, -0.2) is 117 Å². The van der Waals surface area contributed by atoms with E-state index in [1.807, 2.05) is 30.3 Å². The molecule has 7 atom stereocenters. The van der Waals surface area contributed by atoms with Crippen molar-refractivity contribution in [2.45, 2.75) is 125 Å². The fourth-order valence-electron chi connectivity index (χ4n) is 6.49. The number of imide groups is 1. The predicted octanol–water partition coefficient (Wildman–Crippen LogP) is 4.71. The van der Waals surface area contributed by atoms with Gasteiger partial charge in [0.15, 0.2) is 17.9 Å². The second-order valence-corrected chi connectivity index (χ2v) is 17.9. The van der Waals surface area contributed by atoms with Crippen LogP contribution in [-0.2, 0) is 52.3 Å². The molecule has 5 rings (SSSR count). The van der Waals surface area contributed by atoms with Gasteiger partial charge in [0.2, 0.25) is 11.8 Å². The quantitative estimate of drug-likeness (QED) is 0.0870. The lowest BCUT2D eigenvalue weighted by molar-refractivity contribution is -0.242. The van der Waals surface area contributed by atoms with Crippen molar-refractivity contribution in [2.75, 3.05) is 32.1 Å². The van der Waals surface area contributed by atoms with Crippen LogP contribution in [0.5, 0.6) is 0 Å². The average molecular weight is 793 g/mol. The Kier molecular flexibility index (Phi) is 14.2. The minimum Gasteiger partial charge on any atom is -0.463 e. The van der Waals surface area contributed by atoms with Crippen LogP contribution in [0, 0.1) is 11.3 Å². The molecular weight excluding hydrogens is 745 g/mol. The molecule has 0 radical (unpaired) electrons. The number of nitriles is 1. The van der Waals surface area contributed by atoms with E-state index in [-0.39, 0.29) is 50.0 Å². The van der Waals surface area contributed by atoms with Gasteiger partial charge in [0.25, 0.3) is 0 Å². The molecule has 0 spiro atoms. The largest absolute Gasteiger partial charge is 0.463 e. The number of ketones is 1. The lowest BCUT2D eigenvalue weighted by Crippen LogP contribution is -2.56. The number of carbonyl (C=O) groups is 4. The van der Waals surface area contributed by atoms with E-state index in [0.29, 0.717) is 42.4 Å². The van der Waals surface area contributed by atoms with Crippen molar-refractivity contribution in [3.05, 3.63) is 35.9 Å². The summed E-state index contributed by atoms with van der Waals surface area (Å²) in [5, 5.41) is 9.20. The first kappa shape index (κ1) is 41.7. The van der Waals surface area contributed by atoms with Crippen molar-refractivity contribution in [2.24, 2.45) is 0 Å². The molecule has 1 aromatic rings. The van der Waals surface area contributed by atoms with Crippen LogP contribution in [0.3, 0.4) is 0 Å². The Balaban J connectivity index is 0.935. The monoisotopic (exact) mass is 792 g/mol. The molecule has 2 amide bonds. The Hall–Kier alpha value is -2.46. The van der Waals surface area contributed by atoms with Gasteiger partial charge >= 0.3 is 5.97 Å². The van der Waals surface area contributed by atoms with Crippen molar-refractivity contribution in [3.8, 4) is 6.07 Å². The number of rotatable bonds is 18. The van der Waals surface area contributed by atoms with Gasteiger partial charge in [-0.05, 0) is 53.0 Å². The van der Waals surface area contributed by atoms with Gasteiger partial charge in [0.05, 0.1) is 28.5 Å². The Bertz CT molecular complexity index is 1550. The number of Topliss-reactive ketones (excluding diaryl/α,β-unsaturated/α-hetero) is 1. The Morgan fingerprint density at radius 2 is 1.70 bits per heavy atom. The summed E-state index contributed by atoms with van der Waals surface area (Å²) in [6, 6.07) is 11.8. The van der Waals surface area contributed by atoms with Crippen LogP contribution in [0.25, 0.3) is 0 Å². The minimum absolute atomic E-state index is 0.0517. The number of nitrogens with zero attached hydrogens (tertiary/aromatic N) is 2. The molecule has 4 aliphatic rings. The SMILES string of the molecule is CC1(C)OC2OC(COC(=O)CCN3C(=O)CC(SCCOCCCC(=O)CCC(C)(C#N)SC(=S)c4ccccc4)C3=O)C3OC(C)(C)OC3C2O1. The molecule has 0 saturated carbocycles.